The van der Waals surface area contributed by atoms with E-state index in [1.165, 1.54) is 7.11 Å². The molecule has 0 radical (unpaired) electrons. The number of carbonyl (C=O) groups excluding carboxylic acids is 2. The van der Waals surface area contributed by atoms with Crippen molar-refractivity contribution in [3.63, 3.8) is 0 Å². The Morgan fingerprint density at radius 1 is 1.32 bits per heavy atom. The van der Waals surface area contributed by atoms with Crippen molar-refractivity contribution in [1.29, 1.82) is 0 Å². The number of carbonyl (C=O) groups is 2. The number of rotatable bonds is 7. The smallest absolute Gasteiger partial charge is 0.340 e. The molecule has 1 aromatic heterocycles. The predicted molar refractivity (Wildman–Crippen MR) is 74.7 cm³/mol. The van der Waals surface area contributed by atoms with E-state index in [9.17, 15) is 9.59 Å². The van der Waals surface area contributed by atoms with Crippen LogP contribution in [0.1, 0.15) is 65.7 Å². The summed E-state index contributed by atoms with van der Waals surface area (Å²) in [6.45, 7) is 6.30. The van der Waals surface area contributed by atoms with Crippen LogP contribution in [0.2, 0.25) is 0 Å². The number of aldehydes is 1. The lowest BCUT2D eigenvalue weighted by Crippen LogP contribution is -2.07. The SMILES string of the molecule is CCc1c(CC(CC)CC)[nH]c(C=O)c1C(=O)OC. The molecule has 4 heteroatoms. The normalized spacial score (nSPS) is 10.8. The van der Waals surface area contributed by atoms with Crippen molar-refractivity contribution in [2.45, 2.75) is 46.5 Å². The lowest BCUT2D eigenvalue weighted by atomic mass is 9.94. The molecule has 0 saturated carbocycles. The summed E-state index contributed by atoms with van der Waals surface area (Å²) in [5.74, 6) is 0.125. The van der Waals surface area contributed by atoms with Gasteiger partial charge in [-0.2, -0.15) is 0 Å². The number of nitrogens with one attached hydrogen (secondary N) is 1. The van der Waals surface area contributed by atoms with Crippen molar-refractivity contribution in [2.75, 3.05) is 7.11 Å². The molecule has 0 atom stereocenters. The average Bonchev–Trinajstić information content (AvgIpc) is 2.81. The highest BCUT2D eigenvalue weighted by molar-refractivity contribution is 5.99. The number of esters is 1. The second-order valence-electron chi connectivity index (χ2n) is 4.72. The molecule has 0 aliphatic heterocycles. The molecule has 0 fully saturated rings. The van der Waals surface area contributed by atoms with Crippen molar-refractivity contribution >= 4 is 12.3 Å². The summed E-state index contributed by atoms with van der Waals surface area (Å²) in [6.07, 6.45) is 4.45. The summed E-state index contributed by atoms with van der Waals surface area (Å²) in [4.78, 5) is 26.0. The Hall–Kier alpha value is -1.58. The van der Waals surface area contributed by atoms with Gasteiger partial charge in [0.2, 0.25) is 0 Å². The summed E-state index contributed by atoms with van der Waals surface area (Å²) < 4.78 is 4.77. The molecule has 0 unspecified atom stereocenters. The predicted octanol–water partition coefficient (Wildman–Crippen LogP) is 3.15. The van der Waals surface area contributed by atoms with Crippen molar-refractivity contribution < 1.29 is 14.3 Å². The van der Waals surface area contributed by atoms with E-state index >= 15 is 0 Å². The minimum atomic E-state index is -0.439. The van der Waals surface area contributed by atoms with Gasteiger partial charge in [0, 0.05) is 5.69 Å². The zero-order valence-electron chi connectivity index (χ0n) is 12.2. The molecule has 19 heavy (non-hydrogen) atoms. The van der Waals surface area contributed by atoms with Gasteiger partial charge in [0.15, 0.2) is 6.29 Å². The molecule has 0 aliphatic carbocycles. The van der Waals surface area contributed by atoms with E-state index in [1.54, 1.807) is 0 Å². The third kappa shape index (κ3) is 3.25. The molecular weight excluding hydrogens is 242 g/mol. The lowest BCUT2D eigenvalue weighted by molar-refractivity contribution is 0.0597. The number of aromatic amines is 1. The van der Waals surface area contributed by atoms with Gasteiger partial charge in [-0.05, 0) is 24.3 Å². The van der Waals surface area contributed by atoms with Crippen molar-refractivity contribution in [3.8, 4) is 0 Å². The van der Waals surface area contributed by atoms with Gasteiger partial charge >= 0.3 is 5.97 Å². The Labute approximate surface area is 114 Å². The maximum Gasteiger partial charge on any atom is 0.340 e. The highest BCUT2D eigenvalue weighted by Gasteiger charge is 2.23. The second kappa shape index (κ2) is 7.12. The maximum atomic E-state index is 11.8. The molecule has 0 spiro atoms. The first-order valence-corrected chi connectivity index (χ1v) is 6.89. The highest BCUT2D eigenvalue weighted by Crippen LogP contribution is 2.24. The number of methoxy groups -OCH3 is 1. The summed E-state index contributed by atoms with van der Waals surface area (Å²) >= 11 is 0. The van der Waals surface area contributed by atoms with Crippen molar-refractivity contribution in [3.05, 3.63) is 22.5 Å². The molecular formula is C15H23NO3. The topological polar surface area (TPSA) is 59.2 Å². The number of H-pyrrole nitrogens is 1. The van der Waals surface area contributed by atoms with Crippen LogP contribution >= 0.6 is 0 Å². The molecule has 1 aromatic rings. The van der Waals surface area contributed by atoms with E-state index in [2.05, 4.69) is 18.8 Å². The van der Waals surface area contributed by atoms with Gasteiger partial charge in [-0.1, -0.05) is 33.6 Å². The largest absolute Gasteiger partial charge is 0.465 e. The second-order valence-corrected chi connectivity index (χ2v) is 4.72. The van der Waals surface area contributed by atoms with E-state index in [0.717, 1.165) is 30.5 Å². The van der Waals surface area contributed by atoms with Gasteiger partial charge in [-0.15, -0.1) is 0 Å². The van der Waals surface area contributed by atoms with Crippen LogP contribution in [0.15, 0.2) is 0 Å². The fraction of sp³-hybridized carbons (Fsp3) is 0.600. The van der Waals surface area contributed by atoms with Gasteiger partial charge in [-0.3, -0.25) is 4.79 Å². The number of hydrogen-bond acceptors (Lipinski definition) is 3. The minimum absolute atomic E-state index is 0.338. The highest BCUT2D eigenvalue weighted by atomic mass is 16.5. The molecule has 106 valence electrons. The van der Waals surface area contributed by atoms with Gasteiger partial charge in [-0.25, -0.2) is 4.79 Å². The lowest BCUT2D eigenvalue weighted by Gasteiger charge is -2.12. The summed E-state index contributed by atoms with van der Waals surface area (Å²) in [7, 11) is 1.34. The number of aromatic nitrogens is 1. The van der Waals surface area contributed by atoms with E-state index in [1.807, 2.05) is 6.92 Å². The summed E-state index contributed by atoms with van der Waals surface area (Å²) in [5, 5.41) is 0. The molecule has 1 N–H and O–H groups in total. The van der Waals surface area contributed by atoms with Crippen LogP contribution in [-0.4, -0.2) is 24.3 Å². The van der Waals surface area contributed by atoms with Crippen LogP contribution in [0.4, 0.5) is 0 Å². The van der Waals surface area contributed by atoms with Crippen molar-refractivity contribution in [2.24, 2.45) is 5.92 Å². The number of hydrogen-bond donors (Lipinski definition) is 1. The fourth-order valence-electron chi connectivity index (χ4n) is 2.47. The van der Waals surface area contributed by atoms with Crippen LogP contribution in [-0.2, 0) is 17.6 Å². The third-order valence-corrected chi connectivity index (χ3v) is 3.73. The van der Waals surface area contributed by atoms with Gasteiger partial charge in [0.1, 0.15) is 0 Å². The van der Waals surface area contributed by atoms with Crippen molar-refractivity contribution in [1.82, 2.24) is 4.98 Å². The van der Waals surface area contributed by atoms with E-state index < -0.39 is 5.97 Å². The average molecular weight is 265 g/mol. The molecule has 0 saturated heterocycles. The minimum Gasteiger partial charge on any atom is -0.465 e. The Balaban J connectivity index is 3.22. The molecule has 1 heterocycles. The van der Waals surface area contributed by atoms with Crippen LogP contribution in [0, 0.1) is 5.92 Å². The standard InChI is InChI=1S/C15H23NO3/c1-5-10(6-2)8-12-11(7-3)14(15(18)19-4)13(9-17)16-12/h9-10,16H,5-8H2,1-4H3. The van der Waals surface area contributed by atoms with Gasteiger partial charge in [0.25, 0.3) is 0 Å². The Morgan fingerprint density at radius 3 is 2.37 bits per heavy atom. The van der Waals surface area contributed by atoms with E-state index in [4.69, 9.17) is 4.74 Å². The third-order valence-electron chi connectivity index (χ3n) is 3.73. The van der Waals surface area contributed by atoms with E-state index in [-0.39, 0.29) is 0 Å². The zero-order valence-corrected chi connectivity index (χ0v) is 12.2. The van der Waals surface area contributed by atoms with Crippen LogP contribution in [0.3, 0.4) is 0 Å². The molecule has 0 aromatic carbocycles. The van der Waals surface area contributed by atoms with Gasteiger partial charge < -0.3 is 9.72 Å². The number of ether oxygens (including phenoxy) is 1. The quantitative estimate of drug-likeness (QED) is 0.608. The Morgan fingerprint density at radius 2 is 1.95 bits per heavy atom. The van der Waals surface area contributed by atoms with Crippen LogP contribution in [0.25, 0.3) is 0 Å². The first-order chi connectivity index (χ1) is 9.12. The zero-order chi connectivity index (χ0) is 14.4. The Kier molecular flexibility index (Phi) is 5.80. The molecule has 0 amide bonds. The summed E-state index contributed by atoms with van der Waals surface area (Å²) in [5.41, 5.74) is 2.66. The molecule has 0 bridgehead atoms. The van der Waals surface area contributed by atoms with E-state index in [0.29, 0.717) is 29.9 Å². The molecule has 1 rings (SSSR count). The first-order valence-electron chi connectivity index (χ1n) is 6.89. The maximum absolute atomic E-state index is 11.8. The van der Waals surface area contributed by atoms with Crippen LogP contribution in [0.5, 0.6) is 0 Å². The van der Waals surface area contributed by atoms with Gasteiger partial charge in [0.05, 0.1) is 18.4 Å². The van der Waals surface area contributed by atoms with Crippen LogP contribution < -0.4 is 0 Å². The summed E-state index contributed by atoms with van der Waals surface area (Å²) in [6, 6.07) is 0. The first kappa shape index (κ1) is 15.5. The molecule has 4 nitrogen and oxygen atoms in total. The monoisotopic (exact) mass is 265 g/mol. The fourth-order valence-corrected chi connectivity index (χ4v) is 2.47. The Bertz CT molecular complexity index is 444. The molecule has 0 aliphatic rings.